The first-order chi connectivity index (χ1) is 24.9. The van der Waals surface area contributed by atoms with Crippen molar-refractivity contribution in [1.29, 1.82) is 0 Å². The first-order valence-electron chi connectivity index (χ1n) is 19.6. The normalized spacial score (nSPS) is 14.5. The second-order valence-corrected chi connectivity index (χ2v) is 13.9. The number of hydrogen-bond acceptors (Lipinski definition) is 7. The van der Waals surface area contributed by atoms with Gasteiger partial charge in [-0.3, -0.25) is 13.8 Å². The SMILES string of the molecule is CC/C=C\C/C=C\C/C=C\C/C=C\C/C=C\CCCC(=O)OC(COCCCCCCCC/C=C\C/C=C\CCCC)COP(=O)(O)OCCN. The third kappa shape index (κ3) is 38.7. The molecule has 0 saturated heterocycles. The van der Waals surface area contributed by atoms with Gasteiger partial charge in [0, 0.05) is 19.6 Å². The molecule has 0 aromatic rings. The van der Waals surface area contributed by atoms with Gasteiger partial charge in [0.25, 0.3) is 0 Å². The van der Waals surface area contributed by atoms with Gasteiger partial charge in [0.05, 0.1) is 19.8 Å². The second kappa shape index (κ2) is 38.9. The molecule has 0 aromatic heterocycles. The molecule has 0 aliphatic heterocycles. The zero-order chi connectivity index (χ0) is 37.4. The summed E-state index contributed by atoms with van der Waals surface area (Å²) in [4.78, 5) is 22.4. The highest BCUT2D eigenvalue weighted by atomic mass is 31.2. The van der Waals surface area contributed by atoms with Crippen LogP contribution in [-0.2, 0) is 27.9 Å². The number of phosphoric ester groups is 1. The van der Waals surface area contributed by atoms with Gasteiger partial charge in [0.15, 0.2) is 0 Å². The number of allylic oxidation sites excluding steroid dienone is 14. The Bertz CT molecular complexity index is 1050. The van der Waals surface area contributed by atoms with Crippen molar-refractivity contribution in [2.45, 2.75) is 142 Å². The first kappa shape index (κ1) is 48.7. The number of rotatable bonds is 36. The molecule has 9 heteroatoms. The molecular formula is C42H72NO7P. The molecule has 0 aliphatic carbocycles. The summed E-state index contributed by atoms with van der Waals surface area (Å²) in [5.41, 5.74) is 5.35. The lowest BCUT2D eigenvalue weighted by molar-refractivity contribution is -0.154. The van der Waals surface area contributed by atoms with Gasteiger partial charge in [0.2, 0.25) is 0 Å². The molecule has 0 fully saturated rings. The van der Waals surface area contributed by atoms with Crippen molar-refractivity contribution in [2.75, 3.05) is 33.0 Å². The van der Waals surface area contributed by atoms with Gasteiger partial charge in [-0.25, -0.2) is 4.57 Å². The van der Waals surface area contributed by atoms with Crippen LogP contribution in [0.4, 0.5) is 0 Å². The van der Waals surface area contributed by atoms with E-state index in [0.717, 1.165) is 70.6 Å². The Kier molecular flexibility index (Phi) is 37.1. The molecule has 292 valence electrons. The summed E-state index contributed by atoms with van der Waals surface area (Å²) < 4.78 is 33.3. The summed E-state index contributed by atoms with van der Waals surface area (Å²) in [6.07, 6.45) is 48.9. The van der Waals surface area contributed by atoms with Crippen LogP contribution in [0.15, 0.2) is 85.1 Å². The molecule has 0 aromatic carbocycles. The van der Waals surface area contributed by atoms with E-state index in [0.29, 0.717) is 13.0 Å². The molecule has 2 atom stereocenters. The molecule has 51 heavy (non-hydrogen) atoms. The molecule has 0 saturated carbocycles. The van der Waals surface area contributed by atoms with E-state index >= 15 is 0 Å². The molecule has 0 spiro atoms. The molecule has 2 unspecified atom stereocenters. The predicted molar refractivity (Wildman–Crippen MR) is 215 cm³/mol. The fraction of sp³-hybridized carbons (Fsp3) is 0.643. The minimum absolute atomic E-state index is 0.0809. The van der Waals surface area contributed by atoms with Gasteiger partial charge in [-0.15, -0.1) is 0 Å². The van der Waals surface area contributed by atoms with E-state index in [9.17, 15) is 14.3 Å². The van der Waals surface area contributed by atoms with Gasteiger partial charge in [0.1, 0.15) is 6.10 Å². The Morgan fingerprint density at radius 1 is 0.608 bits per heavy atom. The molecule has 0 bridgehead atoms. The standard InChI is InChI=1S/C42H72NO7P/c1-3-5-7-9-11-13-15-17-19-20-21-23-25-27-29-31-33-35-42(44)50-41(40-49-51(45,46)48-38-36-43)39-47-37-34-32-30-28-26-24-22-18-16-14-12-10-8-6-4-2/h5,7,10-13,16-19,21,23,27,29,41H,3-4,6,8-9,14-15,20,22,24-26,28,30-40,43H2,1-2H3,(H,45,46)/b7-5-,12-10-,13-11-,18-16-,19-17-,23-21-,29-27-. The van der Waals surface area contributed by atoms with Gasteiger partial charge in [-0.1, -0.05) is 137 Å². The number of unbranched alkanes of at least 4 members (excludes halogenated alkanes) is 9. The third-order valence-electron chi connectivity index (χ3n) is 7.55. The summed E-state index contributed by atoms with van der Waals surface area (Å²) in [6.45, 7) is 4.63. The summed E-state index contributed by atoms with van der Waals surface area (Å²) in [7, 11) is -4.30. The van der Waals surface area contributed by atoms with Crippen LogP contribution < -0.4 is 5.73 Å². The monoisotopic (exact) mass is 734 g/mol. The lowest BCUT2D eigenvalue weighted by atomic mass is 10.1. The third-order valence-corrected chi connectivity index (χ3v) is 8.53. The predicted octanol–water partition coefficient (Wildman–Crippen LogP) is 11.4. The molecule has 0 amide bonds. The molecule has 0 radical (unpaired) electrons. The van der Waals surface area contributed by atoms with Crippen molar-refractivity contribution in [3.05, 3.63) is 85.1 Å². The van der Waals surface area contributed by atoms with Gasteiger partial charge in [-0.2, -0.15) is 0 Å². The van der Waals surface area contributed by atoms with E-state index in [2.05, 4.69) is 98.9 Å². The number of carbonyl (C=O) groups excluding carboxylic acids is 1. The van der Waals surface area contributed by atoms with Crippen LogP contribution in [0.5, 0.6) is 0 Å². The van der Waals surface area contributed by atoms with Crippen LogP contribution in [0.2, 0.25) is 0 Å². The van der Waals surface area contributed by atoms with Crippen molar-refractivity contribution in [1.82, 2.24) is 0 Å². The van der Waals surface area contributed by atoms with Crippen LogP contribution in [0.3, 0.4) is 0 Å². The first-order valence-corrected chi connectivity index (χ1v) is 21.1. The van der Waals surface area contributed by atoms with Gasteiger partial charge >= 0.3 is 13.8 Å². The fourth-order valence-electron chi connectivity index (χ4n) is 4.69. The van der Waals surface area contributed by atoms with Crippen LogP contribution in [0, 0.1) is 0 Å². The van der Waals surface area contributed by atoms with Gasteiger partial charge in [-0.05, 0) is 77.0 Å². The largest absolute Gasteiger partial charge is 0.472 e. The Labute approximate surface area is 311 Å². The molecule has 0 heterocycles. The number of ether oxygens (including phenoxy) is 2. The highest BCUT2D eigenvalue weighted by Gasteiger charge is 2.25. The Morgan fingerprint density at radius 3 is 1.65 bits per heavy atom. The second-order valence-electron chi connectivity index (χ2n) is 12.4. The molecule has 0 aliphatic rings. The molecule has 0 rings (SSSR count). The minimum atomic E-state index is -4.30. The van der Waals surface area contributed by atoms with E-state index in [1.54, 1.807) is 0 Å². The average Bonchev–Trinajstić information content (AvgIpc) is 3.12. The number of carbonyl (C=O) groups is 1. The topological polar surface area (TPSA) is 117 Å². The maximum absolute atomic E-state index is 12.5. The maximum atomic E-state index is 12.5. The minimum Gasteiger partial charge on any atom is -0.457 e. The number of phosphoric acid groups is 1. The van der Waals surface area contributed by atoms with Crippen molar-refractivity contribution >= 4 is 13.8 Å². The van der Waals surface area contributed by atoms with Crippen molar-refractivity contribution < 1.29 is 32.8 Å². The highest BCUT2D eigenvalue weighted by molar-refractivity contribution is 7.47. The number of esters is 1. The highest BCUT2D eigenvalue weighted by Crippen LogP contribution is 2.43. The maximum Gasteiger partial charge on any atom is 0.472 e. The van der Waals surface area contributed by atoms with Crippen LogP contribution >= 0.6 is 7.82 Å². The molecular weight excluding hydrogens is 661 g/mol. The zero-order valence-corrected chi connectivity index (χ0v) is 32.9. The Hall–Kier alpha value is -2.32. The van der Waals surface area contributed by atoms with Crippen molar-refractivity contribution in [3.63, 3.8) is 0 Å². The van der Waals surface area contributed by atoms with Gasteiger partial charge < -0.3 is 20.1 Å². The smallest absolute Gasteiger partial charge is 0.457 e. The van der Waals surface area contributed by atoms with Crippen molar-refractivity contribution in [3.8, 4) is 0 Å². The van der Waals surface area contributed by atoms with Crippen LogP contribution in [0.25, 0.3) is 0 Å². The average molecular weight is 734 g/mol. The quantitative estimate of drug-likeness (QED) is 0.0283. The van der Waals surface area contributed by atoms with E-state index in [1.165, 1.54) is 38.5 Å². The molecule has 3 N–H and O–H groups in total. The van der Waals surface area contributed by atoms with Crippen molar-refractivity contribution in [2.24, 2.45) is 5.73 Å². The lowest BCUT2D eigenvalue weighted by Gasteiger charge is -2.20. The summed E-state index contributed by atoms with van der Waals surface area (Å²) >= 11 is 0. The van der Waals surface area contributed by atoms with Crippen LogP contribution in [0.1, 0.15) is 136 Å². The van der Waals surface area contributed by atoms with E-state index in [4.69, 9.17) is 24.3 Å². The zero-order valence-electron chi connectivity index (χ0n) is 32.1. The Balaban J connectivity index is 4.23. The van der Waals surface area contributed by atoms with E-state index < -0.39 is 19.9 Å². The van der Waals surface area contributed by atoms with E-state index in [-0.39, 0.29) is 32.8 Å². The number of hydrogen-bond donors (Lipinski definition) is 2. The summed E-state index contributed by atoms with van der Waals surface area (Å²) in [5, 5.41) is 0. The summed E-state index contributed by atoms with van der Waals surface area (Å²) in [5.74, 6) is -0.395. The molecule has 8 nitrogen and oxygen atoms in total. The Morgan fingerprint density at radius 2 is 1.10 bits per heavy atom. The van der Waals surface area contributed by atoms with E-state index in [1.807, 2.05) is 0 Å². The summed E-state index contributed by atoms with van der Waals surface area (Å²) in [6, 6.07) is 0. The lowest BCUT2D eigenvalue weighted by Crippen LogP contribution is -2.28. The van der Waals surface area contributed by atoms with Crippen LogP contribution in [-0.4, -0.2) is 49.9 Å². The number of nitrogens with two attached hydrogens (primary N) is 1. The fourth-order valence-corrected chi connectivity index (χ4v) is 5.46.